The van der Waals surface area contributed by atoms with Crippen LogP contribution in [-0.4, -0.2) is 12.6 Å². The molecular formula is C38H62O2. The van der Waals surface area contributed by atoms with Gasteiger partial charge in [0.2, 0.25) is 0 Å². The van der Waals surface area contributed by atoms with Crippen molar-refractivity contribution in [1.82, 2.24) is 0 Å². The van der Waals surface area contributed by atoms with E-state index in [9.17, 15) is 4.79 Å². The van der Waals surface area contributed by atoms with E-state index in [2.05, 4.69) is 102 Å². The summed E-state index contributed by atoms with van der Waals surface area (Å²) in [5, 5.41) is 0. The zero-order valence-corrected chi connectivity index (χ0v) is 27.1. The van der Waals surface area contributed by atoms with Crippen LogP contribution < -0.4 is 0 Å². The molecule has 0 fully saturated rings. The second kappa shape index (κ2) is 28.2. The van der Waals surface area contributed by atoms with E-state index in [4.69, 9.17) is 4.74 Å². The van der Waals surface area contributed by atoms with Crippen molar-refractivity contribution in [2.24, 2.45) is 0 Å². The van der Waals surface area contributed by atoms with Gasteiger partial charge in [-0.1, -0.05) is 96.7 Å². The molecule has 0 N–H and O–H groups in total. The van der Waals surface area contributed by atoms with Gasteiger partial charge in [-0.3, -0.25) is 4.79 Å². The quantitative estimate of drug-likeness (QED) is 0.0678. The van der Waals surface area contributed by atoms with Gasteiger partial charge in [-0.2, -0.15) is 0 Å². The van der Waals surface area contributed by atoms with Crippen molar-refractivity contribution in [2.45, 2.75) is 144 Å². The van der Waals surface area contributed by atoms with Crippen molar-refractivity contribution in [2.75, 3.05) is 6.61 Å². The third-order valence-electron chi connectivity index (χ3n) is 6.85. The van der Waals surface area contributed by atoms with Gasteiger partial charge >= 0.3 is 5.97 Å². The van der Waals surface area contributed by atoms with Crippen LogP contribution in [0, 0.1) is 0 Å². The van der Waals surface area contributed by atoms with E-state index in [1.165, 1.54) is 48.0 Å². The second-order valence-corrected chi connectivity index (χ2v) is 11.4. The first-order valence-corrected chi connectivity index (χ1v) is 16.1. The van der Waals surface area contributed by atoms with E-state index < -0.39 is 0 Å². The molecule has 0 aliphatic carbocycles. The van der Waals surface area contributed by atoms with Gasteiger partial charge in [0, 0.05) is 6.42 Å². The molecule has 0 aromatic heterocycles. The molecule has 0 atom stereocenters. The largest absolute Gasteiger partial charge is 0.461 e. The lowest BCUT2D eigenvalue weighted by atomic mass is 10.0. The molecule has 2 nitrogen and oxygen atoms in total. The third kappa shape index (κ3) is 28.7. The van der Waals surface area contributed by atoms with E-state index in [0.29, 0.717) is 13.0 Å². The number of hydrogen-bond donors (Lipinski definition) is 0. The van der Waals surface area contributed by atoms with Crippen molar-refractivity contribution < 1.29 is 9.53 Å². The topological polar surface area (TPSA) is 26.3 Å². The first kappa shape index (κ1) is 37.6. The van der Waals surface area contributed by atoms with Crippen LogP contribution in [0.25, 0.3) is 0 Å². The first-order chi connectivity index (χ1) is 19.3. The Morgan fingerprint density at radius 3 is 1.52 bits per heavy atom. The molecule has 0 bridgehead atoms. The fraction of sp³-hybridized carbons (Fsp3) is 0.605. The van der Waals surface area contributed by atoms with Crippen LogP contribution >= 0.6 is 0 Å². The van der Waals surface area contributed by atoms with E-state index in [1.54, 1.807) is 0 Å². The Balaban J connectivity index is 3.83. The van der Waals surface area contributed by atoms with Gasteiger partial charge in [0.25, 0.3) is 0 Å². The molecule has 0 aromatic carbocycles. The number of carbonyl (C=O) groups is 1. The number of unbranched alkanes of at least 4 members (excludes halogenated alkanes) is 5. The van der Waals surface area contributed by atoms with Crippen LogP contribution in [0.3, 0.4) is 0 Å². The van der Waals surface area contributed by atoms with Crippen molar-refractivity contribution in [1.29, 1.82) is 0 Å². The summed E-state index contributed by atoms with van der Waals surface area (Å²) in [6, 6.07) is 0. The number of ether oxygens (including phenoxy) is 1. The summed E-state index contributed by atoms with van der Waals surface area (Å²) in [5.74, 6) is -0.0846. The fourth-order valence-electron chi connectivity index (χ4n) is 4.16. The Kier molecular flexibility index (Phi) is 26.5. The highest BCUT2D eigenvalue weighted by Gasteiger charge is 2.01. The lowest BCUT2D eigenvalue weighted by Crippen LogP contribution is -2.04. The molecule has 0 heterocycles. The molecule has 0 spiro atoms. The summed E-state index contributed by atoms with van der Waals surface area (Å²) in [6.07, 6.45) is 39.8. The SMILES string of the molecule is CCCCC/C=C\C/C=C\C/C=C\CCCCC(=O)OC/C=C(\C)CC/C=C(/C)CC/C=C(\C)CCC=C(C)C. The molecule has 226 valence electrons. The Bertz CT molecular complexity index is 841. The summed E-state index contributed by atoms with van der Waals surface area (Å²) < 4.78 is 5.40. The minimum Gasteiger partial charge on any atom is -0.461 e. The minimum atomic E-state index is -0.0846. The highest BCUT2D eigenvalue weighted by Crippen LogP contribution is 2.13. The van der Waals surface area contributed by atoms with E-state index in [-0.39, 0.29) is 5.97 Å². The number of carbonyl (C=O) groups excluding carboxylic acids is 1. The number of esters is 1. The van der Waals surface area contributed by atoms with Gasteiger partial charge in [-0.05, 0) is 124 Å². The molecular weight excluding hydrogens is 488 g/mol. The maximum Gasteiger partial charge on any atom is 0.306 e. The Hall–Kier alpha value is -2.35. The molecule has 0 aliphatic heterocycles. The Labute approximate surface area is 249 Å². The Morgan fingerprint density at radius 1 is 0.525 bits per heavy atom. The number of hydrogen-bond acceptors (Lipinski definition) is 2. The molecule has 40 heavy (non-hydrogen) atoms. The Morgan fingerprint density at radius 2 is 1.00 bits per heavy atom. The van der Waals surface area contributed by atoms with Crippen LogP contribution in [0.4, 0.5) is 0 Å². The van der Waals surface area contributed by atoms with Gasteiger partial charge in [0.1, 0.15) is 6.61 Å². The zero-order chi connectivity index (χ0) is 29.7. The van der Waals surface area contributed by atoms with Crippen LogP contribution in [-0.2, 0) is 9.53 Å². The monoisotopic (exact) mass is 550 g/mol. The third-order valence-corrected chi connectivity index (χ3v) is 6.85. The van der Waals surface area contributed by atoms with Crippen LogP contribution in [0.2, 0.25) is 0 Å². The lowest BCUT2D eigenvalue weighted by molar-refractivity contribution is -0.142. The summed E-state index contributed by atoms with van der Waals surface area (Å²) in [7, 11) is 0. The molecule has 0 rings (SSSR count). The van der Waals surface area contributed by atoms with Gasteiger partial charge < -0.3 is 4.74 Å². The van der Waals surface area contributed by atoms with Crippen molar-refractivity contribution in [3.8, 4) is 0 Å². The molecule has 0 aliphatic rings. The van der Waals surface area contributed by atoms with Crippen molar-refractivity contribution in [3.63, 3.8) is 0 Å². The highest BCUT2D eigenvalue weighted by atomic mass is 16.5. The number of rotatable bonds is 24. The summed E-state index contributed by atoms with van der Waals surface area (Å²) in [5.41, 5.74) is 5.64. The van der Waals surface area contributed by atoms with Gasteiger partial charge in [-0.25, -0.2) is 0 Å². The summed E-state index contributed by atoms with van der Waals surface area (Å²) in [6.45, 7) is 13.6. The van der Waals surface area contributed by atoms with Crippen molar-refractivity contribution >= 4 is 5.97 Å². The highest BCUT2D eigenvalue weighted by molar-refractivity contribution is 5.69. The van der Waals surface area contributed by atoms with Crippen molar-refractivity contribution in [3.05, 3.63) is 83.1 Å². The summed E-state index contributed by atoms with van der Waals surface area (Å²) >= 11 is 0. The van der Waals surface area contributed by atoms with E-state index in [1.807, 2.05) is 0 Å². The number of allylic oxidation sites excluding steroid dienone is 13. The maximum absolute atomic E-state index is 12.0. The average molecular weight is 551 g/mol. The smallest absolute Gasteiger partial charge is 0.306 e. The van der Waals surface area contributed by atoms with Crippen LogP contribution in [0.5, 0.6) is 0 Å². The first-order valence-electron chi connectivity index (χ1n) is 16.1. The fourth-order valence-corrected chi connectivity index (χ4v) is 4.16. The molecule has 0 saturated heterocycles. The van der Waals surface area contributed by atoms with E-state index >= 15 is 0 Å². The second-order valence-electron chi connectivity index (χ2n) is 11.4. The van der Waals surface area contributed by atoms with Crippen LogP contribution in [0.15, 0.2) is 83.1 Å². The molecule has 0 radical (unpaired) electrons. The molecule has 2 heteroatoms. The summed E-state index contributed by atoms with van der Waals surface area (Å²) in [4.78, 5) is 12.0. The predicted octanol–water partition coefficient (Wildman–Crippen LogP) is 12.3. The molecule has 0 aromatic rings. The normalized spacial score (nSPS) is 13.2. The van der Waals surface area contributed by atoms with Gasteiger partial charge in [-0.15, -0.1) is 0 Å². The van der Waals surface area contributed by atoms with Gasteiger partial charge in [0.15, 0.2) is 0 Å². The van der Waals surface area contributed by atoms with E-state index in [0.717, 1.165) is 70.6 Å². The molecule has 0 amide bonds. The molecule has 0 saturated carbocycles. The maximum atomic E-state index is 12.0. The standard InChI is InChI=1S/C38H62O2/c1-7-8-9-10-11-12-13-14-15-16-17-18-19-20-21-31-38(39)40-33-32-37(6)30-24-29-36(5)28-23-27-35(4)26-22-25-34(2)3/h11-12,14-15,17-18,25,27,29,32H,7-10,13,16,19-24,26,28,30-31,33H2,1-6H3/b12-11-,15-14-,18-17-,35-27+,36-29-,37-32+. The average Bonchev–Trinajstić information content (AvgIpc) is 2.90. The molecule has 0 unspecified atom stereocenters. The predicted molar refractivity (Wildman–Crippen MR) is 179 cm³/mol. The van der Waals surface area contributed by atoms with Crippen LogP contribution in [0.1, 0.15) is 144 Å². The zero-order valence-electron chi connectivity index (χ0n) is 27.1. The van der Waals surface area contributed by atoms with Gasteiger partial charge in [0.05, 0.1) is 0 Å². The minimum absolute atomic E-state index is 0.0846. The lowest BCUT2D eigenvalue weighted by Gasteiger charge is -2.04.